The number of aliphatic hydroxyl groups is 1. The van der Waals surface area contributed by atoms with Crippen LogP contribution in [0.4, 0.5) is 0 Å². The Kier molecular flexibility index (Phi) is 2.87. The summed E-state index contributed by atoms with van der Waals surface area (Å²) in [4.78, 5) is 15.9. The number of aliphatic hydroxyl groups excluding tert-OH is 1. The number of carbonyl (C=O) groups excluding carboxylic acids is 1. The standard InChI is InChI=1S/C11H13N3O2/c1-8-6-14-7-9(2-3-10(14)13-8)11(16)12-4-5-15/h2-3,6-7,15H,4-5H2,1H3,(H,12,16). The summed E-state index contributed by atoms with van der Waals surface area (Å²) in [6.45, 7) is 2.11. The highest BCUT2D eigenvalue weighted by molar-refractivity contribution is 5.94. The van der Waals surface area contributed by atoms with Crippen molar-refractivity contribution in [1.82, 2.24) is 14.7 Å². The molecule has 0 aliphatic rings. The van der Waals surface area contributed by atoms with Gasteiger partial charge in [-0.25, -0.2) is 4.98 Å². The Morgan fingerprint density at radius 2 is 2.31 bits per heavy atom. The van der Waals surface area contributed by atoms with E-state index in [4.69, 9.17) is 5.11 Å². The van der Waals surface area contributed by atoms with E-state index in [0.29, 0.717) is 5.56 Å². The van der Waals surface area contributed by atoms with Crippen LogP contribution in [0.5, 0.6) is 0 Å². The first-order chi connectivity index (χ1) is 7.70. The van der Waals surface area contributed by atoms with Gasteiger partial charge >= 0.3 is 0 Å². The summed E-state index contributed by atoms with van der Waals surface area (Å²) < 4.78 is 1.81. The zero-order valence-electron chi connectivity index (χ0n) is 8.97. The molecule has 0 bridgehead atoms. The van der Waals surface area contributed by atoms with Gasteiger partial charge in [0.15, 0.2) is 0 Å². The van der Waals surface area contributed by atoms with Crippen molar-refractivity contribution in [2.24, 2.45) is 0 Å². The number of imidazole rings is 1. The molecule has 5 nitrogen and oxygen atoms in total. The minimum Gasteiger partial charge on any atom is -0.395 e. The lowest BCUT2D eigenvalue weighted by Crippen LogP contribution is -2.26. The van der Waals surface area contributed by atoms with E-state index in [0.717, 1.165) is 11.3 Å². The fraction of sp³-hybridized carbons (Fsp3) is 0.273. The van der Waals surface area contributed by atoms with Gasteiger partial charge in [0.2, 0.25) is 0 Å². The van der Waals surface area contributed by atoms with Gasteiger partial charge in [-0.05, 0) is 19.1 Å². The van der Waals surface area contributed by atoms with Crippen LogP contribution in [0, 0.1) is 6.92 Å². The first-order valence-electron chi connectivity index (χ1n) is 5.05. The van der Waals surface area contributed by atoms with E-state index in [-0.39, 0.29) is 19.1 Å². The van der Waals surface area contributed by atoms with Crippen LogP contribution >= 0.6 is 0 Å². The molecule has 0 saturated heterocycles. The van der Waals surface area contributed by atoms with Crippen LogP contribution in [0.2, 0.25) is 0 Å². The Morgan fingerprint density at radius 3 is 3.06 bits per heavy atom. The third-order valence-corrected chi connectivity index (χ3v) is 2.23. The van der Waals surface area contributed by atoms with Crippen LogP contribution in [-0.4, -0.2) is 33.6 Å². The van der Waals surface area contributed by atoms with E-state index in [1.165, 1.54) is 0 Å². The number of amides is 1. The summed E-state index contributed by atoms with van der Waals surface area (Å²) in [5.41, 5.74) is 2.28. The molecular weight excluding hydrogens is 206 g/mol. The molecule has 0 radical (unpaired) electrons. The zero-order chi connectivity index (χ0) is 11.5. The van der Waals surface area contributed by atoms with E-state index in [1.807, 2.05) is 17.5 Å². The average Bonchev–Trinajstić information content (AvgIpc) is 2.64. The molecule has 5 heteroatoms. The molecule has 0 fully saturated rings. The van der Waals surface area contributed by atoms with Crippen LogP contribution in [0.1, 0.15) is 16.1 Å². The van der Waals surface area contributed by atoms with E-state index in [9.17, 15) is 4.79 Å². The minimum atomic E-state index is -0.192. The zero-order valence-corrected chi connectivity index (χ0v) is 8.97. The smallest absolute Gasteiger partial charge is 0.252 e. The predicted molar refractivity (Wildman–Crippen MR) is 59.3 cm³/mol. The number of hydrogen-bond donors (Lipinski definition) is 2. The van der Waals surface area contributed by atoms with Crippen molar-refractivity contribution in [1.29, 1.82) is 0 Å². The van der Waals surface area contributed by atoms with Crippen molar-refractivity contribution in [2.75, 3.05) is 13.2 Å². The van der Waals surface area contributed by atoms with Crippen molar-refractivity contribution in [2.45, 2.75) is 6.92 Å². The Hall–Kier alpha value is -1.88. The van der Waals surface area contributed by atoms with Crippen LogP contribution in [0.3, 0.4) is 0 Å². The molecule has 0 aliphatic heterocycles. The maximum absolute atomic E-state index is 11.6. The summed E-state index contributed by atoms with van der Waals surface area (Å²) >= 11 is 0. The number of carbonyl (C=O) groups is 1. The van der Waals surface area contributed by atoms with Crippen LogP contribution < -0.4 is 5.32 Å². The average molecular weight is 219 g/mol. The molecule has 0 aliphatic carbocycles. The van der Waals surface area contributed by atoms with Crippen LogP contribution in [-0.2, 0) is 0 Å². The molecule has 2 rings (SSSR count). The highest BCUT2D eigenvalue weighted by Crippen LogP contribution is 2.07. The highest BCUT2D eigenvalue weighted by atomic mass is 16.3. The van der Waals surface area contributed by atoms with Gasteiger partial charge in [0, 0.05) is 18.9 Å². The normalized spacial score (nSPS) is 10.6. The maximum atomic E-state index is 11.6. The van der Waals surface area contributed by atoms with Crippen LogP contribution in [0.25, 0.3) is 5.65 Å². The second-order valence-corrected chi connectivity index (χ2v) is 3.55. The van der Waals surface area contributed by atoms with E-state index >= 15 is 0 Å². The minimum absolute atomic E-state index is 0.0574. The first kappa shape index (κ1) is 10.6. The quantitative estimate of drug-likeness (QED) is 0.783. The van der Waals surface area contributed by atoms with Crippen LogP contribution in [0.15, 0.2) is 24.5 Å². The number of nitrogens with zero attached hydrogens (tertiary/aromatic N) is 2. The Balaban J connectivity index is 2.28. The maximum Gasteiger partial charge on any atom is 0.252 e. The molecule has 16 heavy (non-hydrogen) atoms. The van der Waals surface area contributed by atoms with E-state index in [1.54, 1.807) is 18.3 Å². The number of rotatable bonds is 3. The third-order valence-electron chi connectivity index (χ3n) is 2.23. The van der Waals surface area contributed by atoms with Gasteiger partial charge in [-0.2, -0.15) is 0 Å². The van der Waals surface area contributed by atoms with Gasteiger partial charge in [-0.15, -0.1) is 0 Å². The fourth-order valence-electron chi connectivity index (χ4n) is 1.52. The molecule has 0 spiro atoms. The Morgan fingerprint density at radius 1 is 1.50 bits per heavy atom. The van der Waals surface area contributed by atoms with Crippen molar-refractivity contribution in [3.05, 3.63) is 35.8 Å². The second-order valence-electron chi connectivity index (χ2n) is 3.55. The molecule has 0 atom stereocenters. The van der Waals surface area contributed by atoms with Crippen molar-refractivity contribution >= 4 is 11.6 Å². The van der Waals surface area contributed by atoms with E-state index < -0.39 is 0 Å². The lowest BCUT2D eigenvalue weighted by molar-refractivity contribution is 0.0944. The topological polar surface area (TPSA) is 66.6 Å². The van der Waals surface area contributed by atoms with Gasteiger partial charge in [0.1, 0.15) is 5.65 Å². The SMILES string of the molecule is Cc1cn2cc(C(=O)NCCO)ccc2n1. The molecule has 1 amide bonds. The lowest BCUT2D eigenvalue weighted by atomic mass is 10.2. The third kappa shape index (κ3) is 2.04. The van der Waals surface area contributed by atoms with Gasteiger partial charge in [0.05, 0.1) is 17.9 Å². The largest absolute Gasteiger partial charge is 0.395 e. The monoisotopic (exact) mass is 219 g/mol. The number of pyridine rings is 1. The summed E-state index contributed by atoms with van der Waals surface area (Å²) in [5.74, 6) is -0.192. The fourth-order valence-corrected chi connectivity index (χ4v) is 1.52. The molecule has 2 aromatic heterocycles. The second kappa shape index (κ2) is 4.32. The van der Waals surface area contributed by atoms with Crippen molar-refractivity contribution < 1.29 is 9.90 Å². The summed E-state index contributed by atoms with van der Waals surface area (Å²) in [7, 11) is 0. The number of hydrogen-bond acceptors (Lipinski definition) is 3. The van der Waals surface area contributed by atoms with Crippen molar-refractivity contribution in [3.63, 3.8) is 0 Å². The lowest BCUT2D eigenvalue weighted by Gasteiger charge is -2.03. The molecule has 0 unspecified atom stereocenters. The molecular formula is C11H13N3O2. The Bertz CT molecular complexity index is 519. The summed E-state index contributed by atoms with van der Waals surface area (Å²) in [5, 5.41) is 11.2. The first-order valence-corrected chi connectivity index (χ1v) is 5.05. The molecule has 2 heterocycles. The van der Waals surface area contributed by atoms with E-state index in [2.05, 4.69) is 10.3 Å². The van der Waals surface area contributed by atoms with Gasteiger partial charge in [0.25, 0.3) is 5.91 Å². The number of fused-ring (bicyclic) bond motifs is 1. The number of nitrogens with one attached hydrogen (secondary N) is 1. The van der Waals surface area contributed by atoms with Gasteiger partial charge in [-0.1, -0.05) is 0 Å². The molecule has 2 N–H and O–H groups in total. The molecule has 0 saturated carbocycles. The Labute approximate surface area is 92.7 Å². The molecule has 84 valence electrons. The van der Waals surface area contributed by atoms with Crippen molar-refractivity contribution in [3.8, 4) is 0 Å². The predicted octanol–water partition coefficient (Wildman–Crippen LogP) is 0.365. The molecule has 0 aromatic carbocycles. The highest BCUT2D eigenvalue weighted by Gasteiger charge is 2.06. The number of aromatic nitrogens is 2. The summed E-state index contributed by atoms with van der Waals surface area (Å²) in [6, 6.07) is 3.51. The van der Waals surface area contributed by atoms with Gasteiger partial charge in [-0.3, -0.25) is 4.79 Å². The molecule has 2 aromatic rings. The van der Waals surface area contributed by atoms with Gasteiger partial charge < -0.3 is 14.8 Å². The summed E-state index contributed by atoms with van der Waals surface area (Å²) in [6.07, 6.45) is 3.58. The number of aryl methyl sites for hydroxylation is 1.